The van der Waals surface area contributed by atoms with Gasteiger partial charge in [0.25, 0.3) is 0 Å². The highest BCUT2D eigenvalue weighted by Crippen LogP contribution is 2.31. The maximum Gasteiger partial charge on any atom is 0.123 e. The number of hydrogen-bond donors (Lipinski definition) is 0. The first-order valence-electron chi connectivity index (χ1n) is 3.62. The van der Waals surface area contributed by atoms with Gasteiger partial charge >= 0.3 is 0 Å². The molecule has 1 aromatic rings. The highest BCUT2D eigenvalue weighted by molar-refractivity contribution is 9.12. The van der Waals surface area contributed by atoms with E-state index in [9.17, 15) is 0 Å². The van der Waals surface area contributed by atoms with Crippen LogP contribution < -0.4 is 4.74 Å². The molecule has 12 heavy (non-hydrogen) atoms. The molecule has 66 valence electrons. The molecule has 1 rings (SSSR count). The van der Waals surface area contributed by atoms with Crippen molar-refractivity contribution in [2.24, 2.45) is 0 Å². The molecule has 0 aromatic heterocycles. The third kappa shape index (κ3) is 2.23. The second-order valence-corrected chi connectivity index (χ2v) is 4.12. The molecule has 1 atom stereocenters. The Hall–Kier alpha value is -0.0200. The summed E-state index contributed by atoms with van der Waals surface area (Å²) in [7, 11) is 1.69. The molecule has 0 heterocycles. The first kappa shape index (κ1) is 10.1. The second kappa shape index (κ2) is 4.87. The van der Waals surface area contributed by atoms with Gasteiger partial charge in [0.1, 0.15) is 5.75 Å². The lowest BCUT2D eigenvalue weighted by atomic mass is 10.1. The number of para-hydroxylation sites is 1. The summed E-state index contributed by atoms with van der Waals surface area (Å²) < 4.78 is 5.22. The second-order valence-electron chi connectivity index (χ2n) is 2.36. The van der Waals surface area contributed by atoms with Gasteiger partial charge in [-0.1, -0.05) is 50.1 Å². The van der Waals surface area contributed by atoms with Gasteiger partial charge < -0.3 is 4.74 Å². The molecule has 0 bridgehead atoms. The first-order valence-corrected chi connectivity index (χ1v) is 5.66. The van der Waals surface area contributed by atoms with Gasteiger partial charge in [-0.05, 0) is 6.07 Å². The van der Waals surface area contributed by atoms with Crippen molar-refractivity contribution in [3.63, 3.8) is 0 Å². The summed E-state index contributed by atoms with van der Waals surface area (Å²) in [5, 5.41) is 0.882. The number of benzene rings is 1. The highest BCUT2D eigenvalue weighted by Gasteiger charge is 2.09. The van der Waals surface area contributed by atoms with E-state index in [4.69, 9.17) is 4.74 Å². The maximum atomic E-state index is 5.22. The number of alkyl halides is 2. The minimum absolute atomic E-state index is 0.314. The Morgan fingerprint density at radius 2 is 2.08 bits per heavy atom. The van der Waals surface area contributed by atoms with Crippen molar-refractivity contribution in [2.45, 2.75) is 4.83 Å². The fourth-order valence-electron chi connectivity index (χ4n) is 1.01. The van der Waals surface area contributed by atoms with Gasteiger partial charge in [-0.25, -0.2) is 0 Å². The van der Waals surface area contributed by atoms with Crippen LogP contribution in [0.15, 0.2) is 24.3 Å². The Bertz CT molecular complexity index is 250. The Balaban J connectivity index is 2.96. The topological polar surface area (TPSA) is 9.23 Å². The molecule has 1 nitrogen and oxygen atoms in total. The standard InChI is InChI=1S/C9H10Br2O/c1-12-9-5-3-2-4-7(9)8(11)6-10/h2-5,8H,6H2,1H3. The Morgan fingerprint density at radius 1 is 1.42 bits per heavy atom. The number of methoxy groups -OCH3 is 1. The monoisotopic (exact) mass is 292 g/mol. The summed E-state index contributed by atoms with van der Waals surface area (Å²) in [6, 6.07) is 8.00. The Kier molecular flexibility index (Phi) is 4.09. The van der Waals surface area contributed by atoms with E-state index in [0.717, 1.165) is 11.1 Å². The Morgan fingerprint density at radius 3 is 2.67 bits per heavy atom. The molecule has 0 aliphatic heterocycles. The van der Waals surface area contributed by atoms with Crippen LogP contribution in [-0.4, -0.2) is 12.4 Å². The van der Waals surface area contributed by atoms with Gasteiger partial charge in [0.15, 0.2) is 0 Å². The van der Waals surface area contributed by atoms with Crippen molar-refractivity contribution < 1.29 is 4.74 Å². The van der Waals surface area contributed by atoms with Crippen LogP contribution in [0.4, 0.5) is 0 Å². The lowest BCUT2D eigenvalue weighted by Crippen LogP contribution is -1.95. The molecule has 0 aliphatic carbocycles. The molecular weight excluding hydrogens is 284 g/mol. The molecule has 0 amide bonds. The van der Waals surface area contributed by atoms with Gasteiger partial charge in [0.05, 0.1) is 11.9 Å². The van der Waals surface area contributed by atoms with E-state index in [0.29, 0.717) is 4.83 Å². The van der Waals surface area contributed by atoms with Gasteiger partial charge in [0.2, 0.25) is 0 Å². The van der Waals surface area contributed by atoms with Gasteiger partial charge in [-0.15, -0.1) is 0 Å². The third-order valence-electron chi connectivity index (χ3n) is 1.61. The summed E-state index contributed by atoms with van der Waals surface area (Å²) in [6.07, 6.45) is 0. The van der Waals surface area contributed by atoms with Crippen molar-refractivity contribution in [1.29, 1.82) is 0 Å². The number of hydrogen-bond acceptors (Lipinski definition) is 1. The van der Waals surface area contributed by atoms with Crippen molar-refractivity contribution in [3.8, 4) is 5.75 Å². The van der Waals surface area contributed by atoms with Crippen molar-refractivity contribution in [3.05, 3.63) is 29.8 Å². The van der Waals surface area contributed by atoms with Crippen LogP contribution in [-0.2, 0) is 0 Å². The molecule has 0 radical (unpaired) electrons. The number of ether oxygens (including phenoxy) is 1. The number of rotatable bonds is 3. The molecule has 3 heteroatoms. The number of halogens is 2. The summed E-state index contributed by atoms with van der Waals surface area (Å²) >= 11 is 6.96. The lowest BCUT2D eigenvalue weighted by molar-refractivity contribution is 0.410. The molecule has 0 spiro atoms. The van der Waals surface area contributed by atoms with E-state index in [1.54, 1.807) is 7.11 Å². The fourth-order valence-corrected chi connectivity index (χ4v) is 1.74. The van der Waals surface area contributed by atoms with Gasteiger partial charge in [-0.2, -0.15) is 0 Å². The minimum atomic E-state index is 0.314. The van der Waals surface area contributed by atoms with E-state index < -0.39 is 0 Å². The first-order chi connectivity index (χ1) is 5.79. The van der Waals surface area contributed by atoms with E-state index in [2.05, 4.69) is 37.9 Å². The van der Waals surface area contributed by atoms with Crippen molar-refractivity contribution in [1.82, 2.24) is 0 Å². The highest BCUT2D eigenvalue weighted by atomic mass is 79.9. The van der Waals surface area contributed by atoms with Crippen molar-refractivity contribution >= 4 is 31.9 Å². The van der Waals surface area contributed by atoms with Crippen LogP contribution in [0, 0.1) is 0 Å². The summed E-state index contributed by atoms with van der Waals surface area (Å²) in [5.74, 6) is 0.929. The van der Waals surface area contributed by atoms with Crippen LogP contribution in [0.2, 0.25) is 0 Å². The van der Waals surface area contributed by atoms with E-state index in [1.165, 1.54) is 5.56 Å². The van der Waals surface area contributed by atoms with Crippen molar-refractivity contribution in [2.75, 3.05) is 12.4 Å². The smallest absolute Gasteiger partial charge is 0.123 e. The zero-order chi connectivity index (χ0) is 8.97. The van der Waals surface area contributed by atoms with Crippen LogP contribution in [0.25, 0.3) is 0 Å². The lowest BCUT2D eigenvalue weighted by Gasteiger charge is -2.10. The molecule has 0 N–H and O–H groups in total. The predicted octanol–water partition coefficient (Wildman–Crippen LogP) is 3.53. The predicted molar refractivity (Wildman–Crippen MR) is 58.5 cm³/mol. The molecular formula is C9H10Br2O. The SMILES string of the molecule is COc1ccccc1C(Br)CBr. The normalized spacial score (nSPS) is 12.6. The van der Waals surface area contributed by atoms with Crippen LogP contribution >= 0.6 is 31.9 Å². The fraction of sp³-hybridized carbons (Fsp3) is 0.333. The summed E-state index contributed by atoms with van der Waals surface area (Å²) in [6.45, 7) is 0. The van der Waals surface area contributed by atoms with E-state index in [-0.39, 0.29) is 0 Å². The van der Waals surface area contributed by atoms with Gasteiger partial charge in [0, 0.05) is 10.9 Å². The van der Waals surface area contributed by atoms with E-state index >= 15 is 0 Å². The average molecular weight is 294 g/mol. The van der Waals surface area contributed by atoms with Gasteiger partial charge in [-0.3, -0.25) is 0 Å². The summed E-state index contributed by atoms with van der Waals surface area (Å²) in [4.78, 5) is 0.314. The summed E-state index contributed by atoms with van der Waals surface area (Å²) in [5.41, 5.74) is 1.18. The zero-order valence-electron chi connectivity index (χ0n) is 6.76. The zero-order valence-corrected chi connectivity index (χ0v) is 9.93. The molecule has 0 saturated carbocycles. The minimum Gasteiger partial charge on any atom is -0.496 e. The molecule has 0 saturated heterocycles. The largest absolute Gasteiger partial charge is 0.496 e. The molecule has 0 fully saturated rings. The molecule has 1 aromatic carbocycles. The van der Waals surface area contributed by atoms with Crippen LogP contribution in [0.5, 0.6) is 5.75 Å². The third-order valence-corrected chi connectivity index (χ3v) is 3.95. The average Bonchev–Trinajstić information content (AvgIpc) is 2.16. The Labute approximate surface area is 89.4 Å². The van der Waals surface area contributed by atoms with Crippen LogP contribution in [0.1, 0.15) is 10.4 Å². The van der Waals surface area contributed by atoms with Crippen LogP contribution in [0.3, 0.4) is 0 Å². The maximum absolute atomic E-state index is 5.22. The molecule has 0 aliphatic rings. The van der Waals surface area contributed by atoms with E-state index in [1.807, 2.05) is 18.2 Å². The quantitative estimate of drug-likeness (QED) is 0.775. The molecule has 1 unspecified atom stereocenters.